The van der Waals surface area contributed by atoms with Crippen molar-refractivity contribution in [1.29, 1.82) is 0 Å². The van der Waals surface area contributed by atoms with Gasteiger partial charge >= 0.3 is 6.18 Å². The van der Waals surface area contributed by atoms with E-state index < -0.39 is 17.8 Å². The Morgan fingerprint density at radius 1 is 1.10 bits per heavy atom. The van der Waals surface area contributed by atoms with Crippen LogP contribution in [0.2, 0.25) is 0 Å². The molecule has 0 heterocycles. The first-order chi connectivity index (χ1) is 9.91. The Balaban J connectivity index is 2.26. The number of nitrogens with two attached hydrogens (primary N) is 1. The molecule has 2 nitrogen and oxygen atoms in total. The Hall–Kier alpha value is -2.01. The summed E-state index contributed by atoms with van der Waals surface area (Å²) in [5.41, 5.74) is 6.23. The third-order valence-corrected chi connectivity index (χ3v) is 3.26. The summed E-state index contributed by atoms with van der Waals surface area (Å²) >= 11 is 0. The van der Waals surface area contributed by atoms with Gasteiger partial charge in [0, 0.05) is 6.04 Å². The Morgan fingerprint density at radius 2 is 1.81 bits per heavy atom. The Kier molecular flexibility index (Phi) is 4.53. The van der Waals surface area contributed by atoms with E-state index in [9.17, 15) is 13.2 Å². The molecule has 2 N–H and O–H groups in total. The van der Waals surface area contributed by atoms with Crippen LogP contribution in [0.25, 0.3) is 0 Å². The molecule has 0 bridgehead atoms. The summed E-state index contributed by atoms with van der Waals surface area (Å²) in [4.78, 5) is 0. The fourth-order valence-electron chi connectivity index (χ4n) is 2.24. The second-order valence-corrected chi connectivity index (χ2v) is 4.75. The molecule has 112 valence electrons. The van der Waals surface area contributed by atoms with Crippen LogP contribution in [-0.2, 0) is 12.6 Å². The van der Waals surface area contributed by atoms with E-state index in [1.54, 1.807) is 24.3 Å². The van der Waals surface area contributed by atoms with Gasteiger partial charge in [0.2, 0.25) is 0 Å². The van der Waals surface area contributed by atoms with Crippen molar-refractivity contribution in [2.24, 2.45) is 5.73 Å². The van der Waals surface area contributed by atoms with E-state index in [0.29, 0.717) is 12.2 Å². The molecule has 0 saturated carbocycles. The zero-order valence-electron chi connectivity index (χ0n) is 11.5. The minimum Gasteiger partial charge on any atom is -0.497 e. The summed E-state index contributed by atoms with van der Waals surface area (Å²) in [6.07, 6.45) is -4.09. The summed E-state index contributed by atoms with van der Waals surface area (Å²) in [6, 6.07) is 11.8. The zero-order chi connectivity index (χ0) is 15.5. The molecule has 2 rings (SSSR count). The van der Waals surface area contributed by atoms with Gasteiger partial charge in [0.05, 0.1) is 12.7 Å². The predicted molar refractivity (Wildman–Crippen MR) is 75.1 cm³/mol. The molecule has 0 aliphatic rings. The average molecular weight is 295 g/mol. The highest BCUT2D eigenvalue weighted by atomic mass is 19.4. The minimum atomic E-state index is -4.40. The van der Waals surface area contributed by atoms with E-state index in [-0.39, 0.29) is 5.56 Å². The van der Waals surface area contributed by atoms with Gasteiger partial charge in [0.1, 0.15) is 5.75 Å². The molecule has 0 aliphatic heterocycles. The lowest BCUT2D eigenvalue weighted by Gasteiger charge is -2.18. The molecular weight excluding hydrogens is 279 g/mol. The maximum absolute atomic E-state index is 13.0. The summed E-state index contributed by atoms with van der Waals surface area (Å²) in [5, 5.41) is 0. The van der Waals surface area contributed by atoms with Crippen LogP contribution in [0.5, 0.6) is 5.75 Å². The molecule has 0 radical (unpaired) electrons. The van der Waals surface area contributed by atoms with Gasteiger partial charge in [-0.15, -0.1) is 0 Å². The Morgan fingerprint density at radius 3 is 2.48 bits per heavy atom. The van der Waals surface area contributed by atoms with Gasteiger partial charge < -0.3 is 10.5 Å². The lowest BCUT2D eigenvalue weighted by molar-refractivity contribution is -0.138. The standard InChI is InChI=1S/C16H16F3NO/c1-21-12-6-4-5-11(9-12)10-15(20)13-7-2-3-8-14(13)16(17,18)19/h2-9,15H,10,20H2,1H3. The van der Waals surface area contributed by atoms with Crippen LogP contribution in [0.15, 0.2) is 48.5 Å². The highest BCUT2D eigenvalue weighted by molar-refractivity contribution is 5.35. The van der Waals surface area contributed by atoms with E-state index in [4.69, 9.17) is 10.5 Å². The number of ether oxygens (including phenoxy) is 1. The van der Waals surface area contributed by atoms with Crippen LogP contribution < -0.4 is 10.5 Å². The van der Waals surface area contributed by atoms with Gasteiger partial charge in [-0.25, -0.2) is 0 Å². The quantitative estimate of drug-likeness (QED) is 0.926. The number of hydrogen-bond donors (Lipinski definition) is 1. The molecule has 0 aliphatic carbocycles. The molecule has 21 heavy (non-hydrogen) atoms. The van der Waals surface area contributed by atoms with Crippen molar-refractivity contribution in [3.05, 3.63) is 65.2 Å². The van der Waals surface area contributed by atoms with Gasteiger partial charge in [-0.2, -0.15) is 13.2 Å². The lowest BCUT2D eigenvalue weighted by Crippen LogP contribution is -2.19. The monoisotopic (exact) mass is 295 g/mol. The molecule has 1 unspecified atom stereocenters. The van der Waals surface area contributed by atoms with E-state index in [2.05, 4.69) is 0 Å². The van der Waals surface area contributed by atoms with E-state index in [0.717, 1.165) is 11.6 Å². The molecule has 0 saturated heterocycles. The van der Waals surface area contributed by atoms with Crippen molar-refractivity contribution in [3.63, 3.8) is 0 Å². The van der Waals surface area contributed by atoms with Crippen LogP contribution in [0.3, 0.4) is 0 Å². The van der Waals surface area contributed by atoms with Crippen LogP contribution in [0, 0.1) is 0 Å². The number of rotatable bonds is 4. The lowest BCUT2D eigenvalue weighted by atomic mass is 9.95. The summed E-state index contributed by atoms with van der Waals surface area (Å²) in [6.45, 7) is 0. The van der Waals surface area contributed by atoms with Gasteiger partial charge in [0.25, 0.3) is 0 Å². The Bertz CT molecular complexity index is 610. The van der Waals surface area contributed by atoms with Crippen LogP contribution in [0.1, 0.15) is 22.7 Å². The summed E-state index contributed by atoms with van der Waals surface area (Å²) in [7, 11) is 1.54. The fraction of sp³-hybridized carbons (Fsp3) is 0.250. The number of hydrogen-bond acceptors (Lipinski definition) is 2. The van der Waals surface area contributed by atoms with Crippen LogP contribution >= 0.6 is 0 Å². The van der Waals surface area contributed by atoms with Crippen LogP contribution in [0.4, 0.5) is 13.2 Å². The molecule has 0 aromatic heterocycles. The Labute approximate surface area is 121 Å². The molecule has 5 heteroatoms. The largest absolute Gasteiger partial charge is 0.497 e. The topological polar surface area (TPSA) is 35.2 Å². The highest BCUT2D eigenvalue weighted by Crippen LogP contribution is 2.34. The summed E-state index contributed by atoms with van der Waals surface area (Å²) < 4.78 is 44.1. The van der Waals surface area contributed by atoms with Crippen molar-refractivity contribution < 1.29 is 17.9 Å². The molecular formula is C16H16F3NO. The number of alkyl halides is 3. The van der Waals surface area contributed by atoms with E-state index in [1.165, 1.54) is 19.2 Å². The fourth-order valence-corrected chi connectivity index (χ4v) is 2.24. The molecule has 0 spiro atoms. The highest BCUT2D eigenvalue weighted by Gasteiger charge is 2.34. The molecule has 0 amide bonds. The van der Waals surface area contributed by atoms with Gasteiger partial charge in [-0.3, -0.25) is 0 Å². The first-order valence-corrected chi connectivity index (χ1v) is 6.46. The predicted octanol–water partition coefficient (Wildman–Crippen LogP) is 3.96. The number of benzene rings is 2. The maximum Gasteiger partial charge on any atom is 0.416 e. The van der Waals surface area contributed by atoms with Crippen molar-refractivity contribution in [2.45, 2.75) is 18.6 Å². The normalized spacial score (nSPS) is 13.0. The van der Waals surface area contributed by atoms with Crippen molar-refractivity contribution in [3.8, 4) is 5.75 Å². The minimum absolute atomic E-state index is 0.104. The smallest absolute Gasteiger partial charge is 0.416 e. The third-order valence-electron chi connectivity index (χ3n) is 3.26. The SMILES string of the molecule is COc1cccc(CC(N)c2ccccc2C(F)(F)F)c1. The molecule has 2 aromatic rings. The average Bonchev–Trinajstić information content (AvgIpc) is 2.46. The first-order valence-electron chi connectivity index (χ1n) is 6.46. The molecule has 2 aromatic carbocycles. The van der Waals surface area contributed by atoms with Crippen LogP contribution in [-0.4, -0.2) is 7.11 Å². The summed E-state index contributed by atoms with van der Waals surface area (Å²) in [5.74, 6) is 0.656. The number of halogens is 3. The van der Waals surface area contributed by atoms with E-state index >= 15 is 0 Å². The van der Waals surface area contributed by atoms with Crippen molar-refractivity contribution >= 4 is 0 Å². The van der Waals surface area contributed by atoms with Crippen molar-refractivity contribution in [2.75, 3.05) is 7.11 Å². The van der Waals surface area contributed by atoms with Gasteiger partial charge in [0.15, 0.2) is 0 Å². The molecule has 0 fully saturated rings. The second kappa shape index (κ2) is 6.18. The zero-order valence-corrected chi connectivity index (χ0v) is 11.5. The van der Waals surface area contributed by atoms with Gasteiger partial charge in [-0.05, 0) is 35.7 Å². The number of methoxy groups -OCH3 is 1. The van der Waals surface area contributed by atoms with Gasteiger partial charge in [-0.1, -0.05) is 30.3 Å². The second-order valence-electron chi connectivity index (χ2n) is 4.75. The first kappa shape index (κ1) is 15.4. The maximum atomic E-state index is 13.0. The van der Waals surface area contributed by atoms with Crippen molar-refractivity contribution in [1.82, 2.24) is 0 Å². The third kappa shape index (κ3) is 3.76. The van der Waals surface area contributed by atoms with E-state index in [1.807, 2.05) is 6.07 Å². The molecule has 1 atom stereocenters.